The van der Waals surface area contributed by atoms with Gasteiger partial charge < -0.3 is 20.3 Å². The predicted molar refractivity (Wildman–Crippen MR) is 178 cm³/mol. The molecule has 0 saturated carbocycles. The van der Waals surface area contributed by atoms with E-state index in [0.29, 0.717) is 43.8 Å². The fraction of sp³-hybridized carbons (Fsp3) is 0.342. The second-order valence-corrected chi connectivity index (χ2v) is 11.9. The number of phenolic OH excluding ortho intramolecular Hbond substituents is 2. The molecule has 0 heterocycles. The molecule has 4 rings (SSSR count). The van der Waals surface area contributed by atoms with Gasteiger partial charge in [0.25, 0.3) is 5.91 Å². The van der Waals surface area contributed by atoms with Gasteiger partial charge in [0.1, 0.15) is 11.5 Å². The molecule has 1 unspecified atom stereocenters. The molecule has 6 nitrogen and oxygen atoms in total. The van der Waals surface area contributed by atoms with Gasteiger partial charge >= 0.3 is 0 Å². The maximum Gasteiger partial charge on any atom is 0.251 e. The standard InChI is InChI=1S/C38H45FN2O4/c1-26(2)41(27(3)4)23-20-33(29-9-6-5-7-10-29)37-30(11-8-12-36(37)43)21-24-45-32-16-13-28(14-17-32)19-22-40-38(44)31-15-18-35(42)34(39)25-31/h5-18,25-27,33,42-43H,19-24H2,1-4H3,(H,40,44). The Morgan fingerprint density at radius 3 is 2.22 bits per heavy atom. The van der Waals surface area contributed by atoms with Crippen molar-refractivity contribution in [2.24, 2.45) is 0 Å². The minimum Gasteiger partial charge on any atom is -0.508 e. The number of hydrogen-bond donors (Lipinski definition) is 3. The normalized spacial score (nSPS) is 12.1. The molecule has 0 fully saturated rings. The van der Waals surface area contributed by atoms with Gasteiger partial charge in [0.2, 0.25) is 0 Å². The van der Waals surface area contributed by atoms with Gasteiger partial charge in [-0.3, -0.25) is 9.69 Å². The second-order valence-electron chi connectivity index (χ2n) is 11.9. The third-order valence-electron chi connectivity index (χ3n) is 8.20. The summed E-state index contributed by atoms with van der Waals surface area (Å²) in [6.07, 6.45) is 2.14. The minimum atomic E-state index is -0.825. The van der Waals surface area contributed by atoms with Gasteiger partial charge in [-0.2, -0.15) is 0 Å². The molecule has 1 amide bonds. The molecule has 0 aromatic heterocycles. The number of amides is 1. The summed E-state index contributed by atoms with van der Waals surface area (Å²) in [5, 5.41) is 23.2. The SMILES string of the molecule is CC(C)N(CCC(c1ccccc1)c1c(O)cccc1CCOc1ccc(CCNC(=O)c2ccc(O)c(F)c2)cc1)C(C)C. The number of nitrogens with one attached hydrogen (secondary N) is 1. The summed E-state index contributed by atoms with van der Waals surface area (Å²) in [6, 6.07) is 28.4. The fourth-order valence-corrected chi connectivity index (χ4v) is 5.88. The van der Waals surface area contributed by atoms with E-state index in [4.69, 9.17) is 4.74 Å². The first-order valence-corrected chi connectivity index (χ1v) is 15.7. The Kier molecular flexibility index (Phi) is 12.0. The van der Waals surface area contributed by atoms with Gasteiger partial charge in [0.05, 0.1) is 6.61 Å². The van der Waals surface area contributed by atoms with Crippen LogP contribution in [0.5, 0.6) is 17.2 Å². The molecule has 0 aliphatic carbocycles. The molecule has 4 aromatic rings. The first-order valence-electron chi connectivity index (χ1n) is 15.7. The lowest BCUT2D eigenvalue weighted by Gasteiger charge is -2.32. The molecular formula is C38H45FN2O4. The fourth-order valence-electron chi connectivity index (χ4n) is 5.88. The zero-order valence-corrected chi connectivity index (χ0v) is 26.7. The van der Waals surface area contributed by atoms with Crippen LogP contribution >= 0.6 is 0 Å². The number of carbonyl (C=O) groups is 1. The number of aromatic hydroxyl groups is 2. The third kappa shape index (κ3) is 9.32. The van der Waals surface area contributed by atoms with Gasteiger partial charge in [-0.25, -0.2) is 4.39 Å². The number of nitrogens with zero attached hydrogens (tertiary/aromatic N) is 1. The molecule has 238 valence electrons. The Morgan fingerprint density at radius 2 is 1.56 bits per heavy atom. The predicted octanol–water partition coefficient (Wildman–Crippen LogP) is 7.47. The Morgan fingerprint density at radius 1 is 0.844 bits per heavy atom. The summed E-state index contributed by atoms with van der Waals surface area (Å²) >= 11 is 0. The van der Waals surface area contributed by atoms with Gasteiger partial charge in [-0.15, -0.1) is 0 Å². The summed E-state index contributed by atoms with van der Waals surface area (Å²) in [4.78, 5) is 14.8. The number of halogens is 1. The monoisotopic (exact) mass is 612 g/mol. The quantitative estimate of drug-likeness (QED) is 0.130. The van der Waals surface area contributed by atoms with Crippen molar-refractivity contribution < 1.29 is 24.1 Å². The third-order valence-corrected chi connectivity index (χ3v) is 8.20. The first kappa shape index (κ1) is 33.5. The van der Waals surface area contributed by atoms with Gasteiger partial charge in [-0.05, 0) is 100 Å². The molecule has 0 radical (unpaired) electrons. The minimum absolute atomic E-state index is 0.0511. The van der Waals surface area contributed by atoms with Crippen molar-refractivity contribution in [3.63, 3.8) is 0 Å². The van der Waals surface area contributed by atoms with E-state index >= 15 is 0 Å². The zero-order chi connectivity index (χ0) is 32.3. The summed E-state index contributed by atoms with van der Waals surface area (Å²) in [7, 11) is 0. The molecule has 4 aromatic carbocycles. The van der Waals surface area contributed by atoms with Crippen LogP contribution in [0.1, 0.15) is 72.6 Å². The van der Waals surface area contributed by atoms with E-state index in [1.165, 1.54) is 17.7 Å². The van der Waals surface area contributed by atoms with Crippen molar-refractivity contribution in [2.45, 2.75) is 65.0 Å². The van der Waals surface area contributed by atoms with Crippen LogP contribution in [-0.2, 0) is 12.8 Å². The van der Waals surface area contributed by atoms with Crippen molar-refractivity contribution in [1.29, 1.82) is 0 Å². The number of benzene rings is 4. The second kappa shape index (κ2) is 16.1. The van der Waals surface area contributed by atoms with Gasteiger partial charge in [0, 0.05) is 42.1 Å². The van der Waals surface area contributed by atoms with E-state index in [-0.39, 0.29) is 11.5 Å². The first-order chi connectivity index (χ1) is 21.6. The highest BCUT2D eigenvalue weighted by Gasteiger charge is 2.23. The van der Waals surface area contributed by atoms with Crippen molar-refractivity contribution in [2.75, 3.05) is 19.7 Å². The topological polar surface area (TPSA) is 82.0 Å². The molecule has 0 spiro atoms. The number of phenols is 2. The van der Waals surface area contributed by atoms with Crippen molar-refractivity contribution in [3.05, 3.63) is 125 Å². The lowest BCUT2D eigenvalue weighted by molar-refractivity contribution is 0.0953. The van der Waals surface area contributed by atoms with Crippen molar-refractivity contribution in [1.82, 2.24) is 10.2 Å². The molecule has 45 heavy (non-hydrogen) atoms. The molecule has 1 atom stereocenters. The number of hydrogen-bond acceptors (Lipinski definition) is 5. The van der Waals surface area contributed by atoms with Crippen LogP contribution in [0.3, 0.4) is 0 Å². The number of ether oxygens (including phenoxy) is 1. The molecule has 0 bridgehead atoms. The maximum atomic E-state index is 13.5. The highest BCUT2D eigenvalue weighted by atomic mass is 19.1. The zero-order valence-electron chi connectivity index (χ0n) is 26.7. The maximum absolute atomic E-state index is 13.5. The van der Waals surface area contributed by atoms with Crippen LogP contribution in [0, 0.1) is 5.82 Å². The molecular weight excluding hydrogens is 567 g/mol. The molecule has 0 aliphatic rings. The lowest BCUT2D eigenvalue weighted by atomic mass is 9.84. The van der Waals surface area contributed by atoms with Crippen LogP contribution in [0.4, 0.5) is 4.39 Å². The summed E-state index contributed by atoms with van der Waals surface area (Å²) < 4.78 is 19.7. The molecule has 0 saturated heterocycles. The Bertz CT molecular complexity index is 1520. The Labute approximate surface area is 266 Å². The highest BCUT2D eigenvalue weighted by Crippen LogP contribution is 2.37. The van der Waals surface area contributed by atoms with E-state index in [2.05, 4.69) is 68.2 Å². The van der Waals surface area contributed by atoms with Crippen molar-refractivity contribution >= 4 is 5.91 Å². The largest absolute Gasteiger partial charge is 0.508 e. The summed E-state index contributed by atoms with van der Waals surface area (Å²) in [5.41, 5.74) is 4.41. The number of rotatable bonds is 15. The molecule has 0 aliphatic heterocycles. The van der Waals surface area contributed by atoms with Gasteiger partial charge in [0.15, 0.2) is 11.6 Å². The average Bonchev–Trinajstić information content (AvgIpc) is 3.02. The van der Waals surface area contributed by atoms with Gasteiger partial charge in [-0.1, -0.05) is 54.6 Å². The van der Waals surface area contributed by atoms with E-state index < -0.39 is 17.5 Å². The van der Waals surface area contributed by atoms with E-state index in [9.17, 15) is 19.4 Å². The molecule has 7 heteroatoms. The van der Waals surface area contributed by atoms with Crippen LogP contribution in [0.25, 0.3) is 0 Å². The van der Waals surface area contributed by atoms with E-state index in [1.807, 2.05) is 36.4 Å². The summed E-state index contributed by atoms with van der Waals surface area (Å²) in [6.45, 7) is 10.7. The van der Waals surface area contributed by atoms with Crippen LogP contribution in [0.2, 0.25) is 0 Å². The molecule has 3 N–H and O–H groups in total. The highest BCUT2D eigenvalue weighted by molar-refractivity contribution is 5.94. The summed E-state index contributed by atoms with van der Waals surface area (Å²) in [5.74, 6) is -0.596. The Hall–Kier alpha value is -4.36. The van der Waals surface area contributed by atoms with E-state index in [1.54, 1.807) is 6.07 Å². The number of carbonyl (C=O) groups excluding carboxylic acids is 1. The van der Waals surface area contributed by atoms with E-state index in [0.717, 1.165) is 41.5 Å². The lowest BCUT2D eigenvalue weighted by Crippen LogP contribution is -2.38. The smallest absolute Gasteiger partial charge is 0.251 e. The van der Waals surface area contributed by atoms with Crippen molar-refractivity contribution in [3.8, 4) is 17.2 Å². The van der Waals surface area contributed by atoms with Crippen LogP contribution < -0.4 is 10.1 Å². The van der Waals surface area contributed by atoms with Crippen LogP contribution in [0.15, 0.2) is 91.0 Å². The average molecular weight is 613 g/mol. The Balaban J connectivity index is 1.37. The van der Waals surface area contributed by atoms with Crippen LogP contribution in [-0.4, -0.2) is 52.8 Å².